The molecule has 0 bridgehead atoms. The number of nitrogens with one attached hydrogen (secondary N) is 2. The van der Waals surface area contributed by atoms with Gasteiger partial charge in [-0.15, -0.1) is 24.8 Å². The predicted octanol–water partition coefficient (Wildman–Crippen LogP) is 2.64. The van der Waals surface area contributed by atoms with E-state index in [0.29, 0.717) is 5.92 Å². The molecule has 1 amide bonds. The Morgan fingerprint density at radius 2 is 2.04 bits per heavy atom. The van der Waals surface area contributed by atoms with E-state index in [1.807, 2.05) is 37.4 Å². The third kappa shape index (κ3) is 6.68. The number of nitrogens with zero attached hydrogens (tertiary/aromatic N) is 1. The van der Waals surface area contributed by atoms with Gasteiger partial charge in [0.25, 0.3) is 0 Å². The molecule has 0 aromatic heterocycles. The van der Waals surface area contributed by atoms with Crippen molar-refractivity contribution in [3.8, 4) is 0 Å². The monoisotopic (exact) mass is 361 g/mol. The minimum Gasteiger partial charge on any atom is -0.354 e. The molecule has 2 unspecified atom stereocenters. The number of benzene rings is 1. The Bertz CT molecular complexity index is 439. The molecule has 6 heteroatoms. The summed E-state index contributed by atoms with van der Waals surface area (Å²) in [6.45, 7) is 5.90. The van der Waals surface area contributed by atoms with E-state index in [-0.39, 0.29) is 36.8 Å². The van der Waals surface area contributed by atoms with Gasteiger partial charge in [-0.3, -0.25) is 9.69 Å². The first-order valence-corrected chi connectivity index (χ1v) is 7.96. The quantitative estimate of drug-likeness (QED) is 0.784. The van der Waals surface area contributed by atoms with Gasteiger partial charge in [0.1, 0.15) is 6.04 Å². The minimum atomic E-state index is -0.196. The highest BCUT2D eigenvalue weighted by Crippen LogP contribution is 2.19. The molecule has 1 aliphatic rings. The topological polar surface area (TPSA) is 44.4 Å². The second-order valence-corrected chi connectivity index (χ2v) is 5.82. The maximum absolute atomic E-state index is 12.5. The first-order chi connectivity index (χ1) is 10.2. The third-order valence-electron chi connectivity index (χ3n) is 4.32. The van der Waals surface area contributed by atoms with Crippen LogP contribution in [0.25, 0.3) is 0 Å². The van der Waals surface area contributed by atoms with Gasteiger partial charge in [0.05, 0.1) is 0 Å². The van der Waals surface area contributed by atoms with Crippen molar-refractivity contribution in [3.05, 3.63) is 35.9 Å². The second kappa shape index (κ2) is 11.7. The molecule has 1 aliphatic heterocycles. The Hall–Kier alpha value is -0.810. The lowest BCUT2D eigenvalue weighted by molar-refractivity contribution is -0.126. The zero-order chi connectivity index (χ0) is 15.1. The molecule has 2 rings (SSSR count). The third-order valence-corrected chi connectivity index (χ3v) is 4.32. The van der Waals surface area contributed by atoms with Crippen LogP contribution in [0, 0.1) is 5.92 Å². The molecule has 1 saturated heterocycles. The van der Waals surface area contributed by atoms with Crippen LogP contribution in [-0.2, 0) is 4.79 Å². The summed E-state index contributed by atoms with van der Waals surface area (Å²) in [7, 11) is 2.00. The Labute approximate surface area is 152 Å². The van der Waals surface area contributed by atoms with Gasteiger partial charge in [0.2, 0.25) is 5.91 Å². The van der Waals surface area contributed by atoms with E-state index in [0.717, 1.165) is 38.2 Å². The van der Waals surface area contributed by atoms with Crippen LogP contribution in [0.15, 0.2) is 30.3 Å². The second-order valence-electron chi connectivity index (χ2n) is 5.82. The van der Waals surface area contributed by atoms with Crippen LogP contribution < -0.4 is 10.6 Å². The van der Waals surface area contributed by atoms with Crippen LogP contribution in [0.3, 0.4) is 0 Å². The first kappa shape index (κ1) is 22.2. The summed E-state index contributed by atoms with van der Waals surface area (Å²) in [5, 5.41) is 6.48. The van der Waals surface area contributed by atoms with Crippen molar-refractivity contribution in [2.75, 3.05) is 33.2 Å². The summed E-state index contributed by atoms with van der Waals surface area (Å²) < 4.78 is 0. The maximum atomic E-state index is 12.5. The fraction of sp³-hybridized carbons (Fsp3) is 0.588. The van der Waals surface area contributed by atoms with E-state index in [9.17, 15) is 4.79 Å². The zero-order valence-corrected chi connectivity index (χ0v) is 15.6. The molecule has 2 atom stereocenters. The molecule has 23 heavy (non-hydrogen) atoms. The Balaban J connectivity index is 0.00000242. The lowest BCUT2D eigenvalue weighted by Gasteiger charge is -2.26. The standard InChI is InChI=1S/C17H27N3O.2ClH/c1-3-20(2)16(15-7-5-4-6-8-15)17(21)19-12-10-14-9-11-18-13-14;;/h4-8,14,16,18H,3,9-13H2,1-2H3,(H,19,21);2*1H. The van der Waals surface area contributed by atoms with Gasteiger partial charge in [-0.25, -0.2) is 0 Å². The molecule has 1 aromatic carbocycles. The number of rotatable bonds is 7. The highest BCUT2D eigenvalue weighted by atomic mass is 35.5. The average Bonchev–Trinajstić information content (AvgIpc) is 3.01. The van der Waals surface area contributed by atoms with E-state index >= 15 is 0 Å². The molecular formula is C17H29Cl2N3O. The Kier molecular flexibility index (Phi) is 11.3. The fourth-order valence-electron chi connectivity index (χ4n) is 2.88. The molecule has 0 aliphatic carbocycles. The van der Waals surface area contributed by atoms with Crippen LogP contribution >= 0.6 is 24.8 Å². The van der Waals surface area contributed by atoms with Gasteiger partial charge in [-0.2, -0.15) is 0 Å². The number of hydrogen-bond donors (Lipinski definition) is 2. The van der Waals surface area contributed by atoms with Gasteiger partial charge in [0.15, 0.2) is 0 Å². The largest absolute Gasteiger partial charge is 0.354 e. The van der Waals surface area contributed by atoms with E-state index in [4.69, 9.17) is 0 Å². The number of amides is 1. The van der Waals surface area contributed by atoms with Crippen molar-refractivity contribution in [2.45, 2.75) is 25.8 Å². The fourth-order valence-corrected chi connectivity index (χ4v) is 2.88. The van der Waals surface area contributed by atoms with Crippen LogP contribution in [0.1, 0.15) is 31.4 Å². The molecule has 0 saturated carbocycles. The van der Waals surface area contributed by atoms with Gasteiger partial charge in [0, 0.05) is 6.54 Å². The number of hydrogen-bond acceptors (Lipinski definition) is 3. The molecule has 4 nitrogen and oxygen atoms in total. The summed E-state index contributed by atoms with van der Waals surface area (Å²) in [5.74, 6) is 0.820. The number of likely N-dealkylation sites (N-methyl/N-ethyl adjacent to an activating group) is 1. The molecule has 0 spiro atoms. The van der Waals surface area contributed by atoms with Crippen LogP contribution in [-0.4, -0.2) is 44.0 Å². The van der Waals surface area contributed by atoms with E-state index in [2.05, 4.69) is 22.5 Å². The predicted molar refractivity (Wildman–Crippen MR) is 101 cm³/mol. The lowest BCUT2D eigenvalue weighted by atomic mass is 10.0. The van der Waals surface area contributed by atoms with Crippen LogP contribution in [0.2, 0.25) is 0 Å². The average molecular weight is 362 g/mol. The Morgan fingerprint density at radius 1 is 1.35 bits per heavy atom. The maximum Gasteiger partial charge on any atom is 0.241 e. The van der Waals surface area contributed by atoms with Gasteiger partial charge in [-0.1, -0.05) is 37.3 Å². The van der Waals surface area contributed by atoms with Crippen molar-refractivity contribution in [1.29, 1.82) is 0 Å². The smallest absolute Gasteiger partial charge is 0.241 e. The SMILES string of the molecule is CCN(C)C(C(=O)NCCC1CCNC1)c1ccccc1.Cl.Cl. The normalized spacial score (nSPS) is 18.0. The van der Waals surface area contributed by atoms with E-state index in [1.165, 1.54) is 6.42 Å². The van der Waals surface area contributed by atoms with Gasteiger partial charge >= 0.3 is 0 Å². The number of carbonyl (C=O) groups is 1. The van der Waals surface area contributed by atoms with E-state index < -0.39 is 0 Å². The molecule has 0 radical (unpaired) electrons. The molecule has 1 fully saturated rings. The minimum absolute atomic E-state index is 0. The summed E-state index contributed by atoms with van der Waals surface area (Å²) in [5.41, 5.74) is 1.06. The summed E-state index contributed by atoms with van der Waals surface area (Å²) >= 11 is 0. The van der Waals surface area contributed by atoms with Crippen molar-refractivity contribution in [2.24, 2.45) is 5.92 Å². The molecule has 1 aromatic rings. The molecule has 2 N–H and O–H groups in total. The summed E-state index contributed by atoms with van der Waals surface area (Å²) in [6.07, 6.45) is 2.29. The highest BCUT2D eigenvalue weighted by molar-refractivity contribution is 5.85. The van der Waals surface area contributed by atoms with Crippen molar-refractivity contribution in [3.63, 3.8) is 0 Å². The Morgan fingerprint density at radius 3 is 2.61 bits per heavy atom. The molecule has 132 valence electrons. The van der Waals surface area contributed by atoms with Crippen LogP contribution in [0.4, 0.5) is 0 Å². The highest BCUT2D eigenvalue weighted by Gasteiger charge is 2.24. The lowest BCUT2D eigenvalue weighted by Crippen LogP contribution is -2.39. The van der Waals surface area contributed by atoms with Gasteiger partial charge < -0.3 is 10.6 Å². The summed E-state index contributed by atoms with van der Waals surface area (Å²) in [6, 6.07) is 9.82. The molecular weight excluding hydrogens is 333 g/mol. The van der Waals surface area contributed by atoms with Crippen molar-refractivity contribution < 1.29 is 4.79 Å². The summed E-state index contributed by atoms with van der Waals surface area (Å²) in [4.78, 5) is 14.6. The zero-order valence-electron chi connectivity index (χ0n) is 14.0. The van der Waals surface area contributed by atoms with Crippen molar-refractivity contribution >= 4 is 30.7 Å². The van der Waals surface area contributed by atoms with Gasteiger partial charge in [-0.05, 0) is 51.0 Å². The van der Waals surface area contributed by atoms with Crippen molar-refractivity contribution in [1.82, 2.24) is 15.5 Å². The first-order valence-electron chi connectivity index (χ1n) is 7.96. The number of halogens is 2. The van der Waals surface area contributed by atoms with E-state index in [1.54, 1.807) is 0 Å². The molecule has 1 heterocycles. The number of carbonyl (C=O) groups excluding carboxylic acids is 1. The van der Waals surface area contributed by atoms with Crippen LogP contribution in [0.5, 0.6) is 0 Å².